The number of carbonyl (C=O) groups is 1. The third-order valence-electron chi connectivity index (χ3n) is 4.40. The number of sulfonamides is 1. The first-order chi connectivity index (χ1) is 13.4. The smallest absolute Gasteiger partial charge is 0.255 e. The minimum absolute atomic E-state index is 0.165. The van der Waals surface area contributed by atoms with Crippen LogP contribution in [-0.4, -0.2) is 44.1 Å². The van der Waals surface area contributed by atoms with E-state index in [1.807, 2.05) is 24.3 Å². The van der Waals surface area contributed by atoms with Gasteiger partial charge in [0.05, 0.1) is 4.90 Å². The van der Waals surface area contributed by atoms with Crippen molar-refractivity contribution < 1.29 is 17.9 Å². The topological polar surface area (TPSA) is 89.7 Å². The van der Waals surface area contributed by atoms with E-state index in [0.29, 0.717) is 36.0 Å². The van der Waals surface area contributed by atoms with Crippen LogP contribution in [0.25, 0.3) is 0 Å². The number of hydrogen-bond acceptors (Lipinski definition) is 5. The molecule has 1 heterocycles. The Kier molecular flexibility index (Phi) is 6.87. The lowest BCUT2D eigenvalue weighted by molar-refractivity contribution is -0.119. The molecule has 2 aromatic rings. The van der Waals surface area contributed by atoms with Crippen molar-refractivity contribution in [2.75, 3.05) is 25.4 Å². The molecule has 1 atom stereocenters. The summed E-state index contributed by atoms with van der Waals surface area (Å²) in [7, 11) is -3.61. The summed E-state index contributed by atoms with van der Waals surface area (Å²) in [5.74, 6) is 0.490. The number of benzene rings is 2. The van der Waals surface area contributed by atoms with E-state index in [1.54, 1.807) is 11.8 Å². The summed E-state index contributed by atoms with van der Waals surface area (Å²) in [5, 5.41) is 0.876. The van der Waals surface area contributed by atoms with Gasteiger partial charge in [-0.05, 0) is 42.3 Å². The maximum atomic E-state index is 13.0. The van der Waals surface area contributed by atoms with Crippen molar-refractivity contribution in [1.82, 2.24) is 4.31 Å². The molecular weight excluding hydrogens is 420 g/mol. The number of thioether (sulfide) groups is 1. The molecule has 150 valence electrons. The van der Waals surface area contributed by atoms with Gasteiger partial charge in [0.2, 0.25) is 10.0 Å². The third-order valence-corrected chi connectivity index (χ3v) is 7.96. The first-order valence-electron chi connectivity index (χ1n) is 8.75. The fraction of sp³-hybridized carbons (Fsp3) is 0.316. The minimum atomic E-state index is -3.61. The Labute approximate surface area is 174 Å². The fourth-order valence-corrected chi connectivity index (χ4v) is 6.16. The predicted octanol–water partition coefficient (Wildman–Crippen LogP) is 3.07. The van der Waals surface area contributed by atoms with Crippen LogP contribution < -0.4 is 10.5 Å². The molecule has 1 amide bonds. The number of nitrogens with zero attached hydrogens (tertiary/aromatic N) is 1. The molecule has 0 unspecified atom stereocenters. The molecule has 0 spiro atoms. The molecule has 1 saturated heterocycles. The number of halogens is 1. The standard InChI is InChI=1S/C19H21ClN2O4S2/c20-17-4-2-1-3-16(17)18-9-10-22(11-12-27-18)28(24,25)15-7-5-14(6-8-15)26-13-19(21)23/h1-8,18H,9-13H2,(H2,21,23)/t18-/m0/s1. The Balaban J connectivity index is 1.70. The molecule has 0 aliphatic carbocycles. The summed E-state index contributed by atoms with van der Waals surface area (Å²) in [4.78, 5) is 11.0. The molecule has 0 radical (unpaired) electrons. The van der Waals surface area contributed by atoms with Crippen LogP contribution in [0.15, 0.2) is 53.4 Å². The Morgan fingerprint density at radius 2 is 1.89 bits per heavy atom. The van der Waals surface area contributed by atoms with Crippen LogP contribution in [0, 0.1) is 0 Å². The number of carbonyl (C=O) groups excluding carboxylic acids is 1. The van der Waals surface area contributed by atoms with Gasteiger partial charge in [0.15, 0.2) is 6.61 Å². The van der Waals surface area contributed by atoms with Gasteiger partial charge in [-0.1, -0.05) is 29.8 Å². The van der Waals surface area contributed by atoms with Crippen LogP contribution in [0.2, 0.25) is 5.02 Å². The zero-order valence-electron chi connectivity index (χ0n) is 15.1. The maximum absolute atomic E-state index is 13.0. The molecular formula is C19H21ClN2O4S2. The molecule has 1 fully saturated rings. The molecule has 6 nitrogen and oxygen atoms in total. The van der Waals surface area contributed by atoms with Crippen molar-refractivity contribution in [2.45, 2.75) is 16.6 Å². The van der Waals surface area contributed by atoms with Crippen LogP contribution in [0.4, 0.5) is 0 Å². The molecule has 3 rings (SSSR count). The van der Waals surface area contributed by atoms with E-state index >= 15 is 0 Å². The van der Waals surface area contributed by atoms with E-state index in [0.717, 1.165) is 5.56 Å². The van der Waals surface area contributed by atoms with Gasteiger partial charge in [-0.15, -0.1) is 0 Å². The Morgan fingerprint density at radius 1 is 1.18 bits per heavy atom. The van der Waals surface area contributed by atoms with Crippen molar-refractivity contribution in [3.05, 3.63) is 59.1 Å². The number of primary amides is 1. The van der Waals surface area contributed by atoms with Gasteiger partial charge in [0.25, 0.3) is 5.91 Å². The Hall–Kier alpha value is -1.74. The Bertz CT molecular complexity index is 935. The molecule has 2 N–H and O–H groups in total. The zero-order valence-corrected chi connectivity index (χ0v) is 17.5. The van der Waals surface area contributed by atoms with Crippen molar-refractivity contribution in [3.63, 3.8) is 0 Å². The van der Waals surface area contributed by atoms with E-state index in [4.69, 9.17) is 22.1 Å². The highest BCUT2D eigenvalue weighted by atomic mass is 35.5. The normalized spacial score (nSPS) is 18.4. The second-order valence-electron chi connectivity index (χ2n) is 6.30. The minimum Gasteiger partial charge on any atom is -0.484 e. The van der Waals surface area contributed by atoms with Crippen LogP contribution in [0.3, 0.4) is 0 Å². The molecule has 0 bridgehead atoms. The first-order valence-corrected chi connectivity index (χ1v) is 11.6. The maximum Gasteiger partial charge on any atom is 0.255 e. The van der Waals surface area contributed by atoms with Crippen molar-refractivity contribution in [2.24, 2.45) is 5.73 Å². The fourth-order valence-electron chi connectivity index (χ4n) is 2.99. The highest BCUT2D eigenvalue weighted by Gasteiger charge is 2.29. The lowest BCUT2D eigenvalue weighted by Crippen LogP contribution is -2.33. The van der Waals surface area contributed by atoms with E-state index in [-0.39, 0.29) is 16.8 Å². The second kappa shape index (κ2) is 9.17. The number of rotatable bonds is 6. The summed E-state index contributed by atoms with van der Waals surface area (Å²) >= 11 is 8.03. The molecule has 1 aliphatic heterocycles. The van der Waals surface area contributed by atoms with E-state index < -0.39 is 15.9 Å². The number of hydrogen-bond donors (Lipinski definition) is 1. The summed E-state index contributed by atoms with van der Waals surface area (Å²) in [6.07, 6.45) is 0.688. The van der Waals surface area contributed by atoms with Gasteiger partial charge in [-0.2, -0.15) is 16.1 Å². The van der Waals surface area contributed by atoms with Crippen molar-refractivity contribution in [1.29, 1.82) is 0 Å². The summed E-state index contributed by atoms with van der Waals surface area (Å²) in [5.41, 5.74) is 6.08. The molecule has 9 heteroatoms. The molecule has 0 saturated carbocycles. The quantitative estimate of drug-likeness (QED) is 0.745. The molecule has 1 aliphatic rings. The predicted molar refractivity (Wildman–Crippen MR) is 111 cm³/mol. The van der Waals surface area contributed by atoms with Gasteiger partial charge >= 0.3 is 0 Å². The van der Waals surface area contributed by atoms with Crippen molar-refractivity contribution in [3.8, 4) is 5.75 Å². The monoisotopic (exact) mass is 440 g/mol. The number of amides is 1. The average Bonchev–Trinajstić information content (AvgIpc) is 2.94. The first kappa shape index (κ1) is 21.0. The highest BCUT2D eigenvalue weighted by Crippen LogP contribution is 2.38. The molecule has 2 aromatic carbocycles. The molecule has 28 heavy (non-hydrogen) atoms. The average molecular weight is 441 g/mol. The number of ether oxygens (including phenoxy) is 1. The van der Waals surface area contributed by atoms with E-state index in [1.165, 1.54) is 28.6 Å². The lowest BCUT2D eigenvalue weighted by Gasteiger charge is -2.20. The largest absolute Gasteiger partial charge is 0.484 e. The van der Waals surface area contributed by atoms with Gasteiger partial charge in [-0.25, -0.2) is 8.42 Å². The third kappa shape index (κ3) is 5.00. The summed E-state index contributed by atoms with van der Waals surface area (Å²) in [6.45, 7) is 0.609. The number of nitrogens with two attached hydrogens (primary N) is 1. The van der Waals surface area contributed by atoms with Crippen LogP contribution >= 0.6 is 23.4 Å². The van der Waals surface area contributed by atoms with Crippen LogP contribution in [-0.2, 0) is 14.8 Å². The van der Waals surface area contributed by atoms with Crippen molar-refractivity contribution >= 4 is 39.3 Å². The van der Waals surface area contributed by atoms with Gasteiger partial charge < -0.3 is 10.5 Å². The molecule has 0 aromatic heterocycles. The summed E-state index contributed by atoms with van der Waals surface area (Å²) < 4.78 is 32.7. The van der Waals surface area contributed by atoms with Crippen LogP contribution in [0.5, 0.6) is 5.75 Å². The van der Waals surface area contributed by atoms with E-state index in [9.17, 15) is 13.2 Å². The van der Waals surface area contributed by atoms with E-state index in [2.05, 4.69) is 0 Å². The Morgan fingerprint density at radius 3 is 2.57 bits per heavy atom. The second-order valence-corrected chi connectivity index (χ2v) is 9.96. The van der Waals surface area contributed by atoms with Gasteiger partial charge in [0.1, 0.15) is 5.75 Å². The SMILES string of the molecule is NC(=O)COc1ccc(S(=O)(=O)N2CCS[C@H](c3ccccc3Cl)CC2)cc1. The highest BCUT2D eigenvalue weighted by molar-refractivity contribution is 7.99. The lowest BCUT2D eigenvalue weighted by atomic mass is 10.1. The summed E-state index contributed by atoms with van der Waals surface area (Å²) in [6, 6.07) is 13.7. The van der Waals surface area contributed by atoms with Gasteiger partial charge in [-0.3, -0.25) is 4.79 Å². The van der Waals surface area contributed by atoms with Crippen LogP contribution in [0.1, 0.15) is 17.2 Å². The zero-order chi connectivity index (χ0) is 20.1. The van der Waals surface area contributed by atoms with Gasteiger partial charge in [0, 0.05) is 29.1 Å².